The van der Waals surface area contributed by atoms with E-state index in [0.717, 1.165) is 22.4 Å². The highest BCUT2D eigenvalue weighted by Crippen LogP contribution is 2.23. The molecule has 24 heavy (non-hydrogen) atoms. The summed E-state index contributed by atoms with van der Waals surface area (Å²) >= 11 is 0. The van der Waals surface area contributed by atoms with Gasteiger partial charge in [-0.3, -0.25) is 0 Å². The topological polar surface area (TPSA) is 64.1 Å². The van der Waals surface area contributed by atoms with E-state index in [1.807, 2.05) is 30.3 Å². The summed E-state index contributed by atoms with van der Waals surface area (Å²) in [5.74, 6) is 1.47. The van der Waals surface area contributed by atoms with Crippen molar-refractivity contribution in [2.24, 2.45) is 0 Å². The van der Waals surface area contributed by atoms with E-state index in [4.69, 9.17) is 8.83 Å². The summed E-state index contributed by atoms with van der Waals surface area (Å²) in [5.41, 5.74) is 2.41. The average Bonchev–Trinajstić information content (AvgIpc) is 3.18. The molecule has 0 unspecified atom stereocenters. The molecule has 0 spiro atoms. The van der Waals surface area contributed by atoms with E-state index < -0.39 is 0 Å². The summed E-state index contributed by atoms with van der Waals surface area (Å²) in [4.78, 5) is 0. The zero-order valence-electron chi connectivity index (χ0n) is 12.9. The number of furan rings is 1. The third-order valence-corrected chi connectivity index (χ3v) is 3.63. The van der Waals surface area contributed by atoms with Gasteiger partial charge in [-0.2, -0.15) is 0 Å². The van der Waals surface area contributed by atoms with E-state index in [-0.39, 0.29) is 5.82 Å². The summed E-state index contributed by atoms with van der Waals surface area (Å²) in [5, 5.41) is 11.9. The van der Waals surface area contributed by atoms with Gasteiger partial charge in [0, 0.05) is 23.6 Å². The number of fused-ring (bicyclic) bond motifs is 1. The van der Waals surface area contributed by atoms with Gasteiger partial charge in [0.05, 0.1) is 6.54 Å². The monoisotopic (exact) mass is 323 g/mol. The third kappa shape index (κ3) is 2.86. The van der Waals surface area contributed by atoms with Crippen molar-refractivity contribution in [2.75, 3.05) is 5.32 Å². The SMILES string of the molecule is Cc1nnc(-c2cccc(NCc3cc4cc(F)ccc4o3)c2)o1. The summed E-state index contributed by atoms with van der Waals surface area (Å²) in [6.45, 7) is 2.24. The number of aromatic nitrogens is 2. The Morgan fingerprint density at radius 3 is 2.79 bits per heavy atom. The molecule has 2 heterocycles. The standard InChI is InChI=1S/C18H14FN3O2/c1-11-21-22-18(23-11)12-3-2-4-15(8-12)20-10-16-9-13-7-14(19)5-6-17(13)24-16/h2-9,20H,10H2,1H3. The van der Waals surface area contributed by atoms with Gasteiger partial charge in [-0.25, -0.2) is 4.39 Å². The molecule has 0 radical (unpaired) electrons. The lowest BCUT2D eigenvalue weighted by molar-refractivity contribution is 0.533. The highest BCUT2D eigenvalue weighted by Gasteiger charge is 2.08. The predicted molar refractivity (Wildman–Crippen MR) is 88.0 cm³/mol. The van der Waals surface area contributed by atoms with Crippen molar-refractivity contribution in [1.82, 2.24) is 10.2 Å². The van der Waals surface area contributed by atoms with Crippen LogP contribution in [0.3, 0.4) is 0 Å². The molecule has 0 fully saturated rings. The molecule has 120 valence electrons. The maximum atomic E-state index is 13.2. The normalized spacial score (nSPS) is 11.1. The van der Waals surface area contributed by atoms with Crippen LogP contribution in [0.4, 0.5) is 10.1 Å². The van der Waals surface area contributed by atoms with E-state index in [0.29, 0.717) is 23.9 Å². The van der Waals surface area contributed by atoms with Gasteiger partial charge in [0.25, 0.3) is 0 Å². The molecular weight excluding hydrogens is 309 g/mol. The maximum absolute atomic E-state index is 13.2. The second-order valence-corrected chi connectivity index (χ2v) is 5.46. The summed E-state index contributed by atoms with van der Waals surface area (Å²) in [6.07, 6.45) is 0. The number of rotatable bonds is 4. The Morgan fingerprint density at radius 2 is 1.96 bits per heavy atom. The molecule has 0 bridgehead atoms. The number of aryl methyl sites for hydroxylation is 1. The van der Waals surface area contributed by atoms with Crippen molar-refractivity contribution in [3.8, 4) is 11.5 Å². The van der Waals surface area contributed by atoms with Gasteiger partial charge in [0.2, 0.25) is 11.8 Å². The molecule has 4 aromatic rings. The first-order valence-electron chi connectivity index (χ1n) is 7.50. The van der Waals surface area contributed by atoms with Crippen LogP contribution in [0.5, 0.6) is 0 Å². The Labute approximate surface area is 137 Å². The van der Waals surface area contributed by atoms with Crippen LogP contribution < -0.4 is 5.32 Å². The van der Waals surface area contributed by atoms with Crippen molar-refractivity contribution in [3.63, 3.8) is 0 Å². The van der Waals surface area contributed by atoms with Crippen molar-refractivity contribution >= 4 is 16.7 Å². The zero-order chi connectivity index (χ0) is 16.5. The molecule has 0 aliphatic carbocycles. The number of anilines is 1. The van der Waals surface area contributed by atoms with E-state index in [2.05, 4.69) is 15.5 Å². The van der Waals surface area contributed by atoms with Gasteiger partial charge in [0.15, 0.2) is 0 Å². The van der Waals surface area contributed by atoms with Crippen molar-refractivity contribution < 1.29 is 13.2 Å². The molecule has 2 aromatic carbocycles. The first-order valence-corrected chi connectivity index (χ1v) is 7.50. The second kappa shape index (κ2) is 5.81. The van der Waals surface area contributed by atoms with Crippen molar-refractivity contribution in [2.45, 2.75) is 13.5 Å². The van der Waals surface area contributed by atoms with Crippen LogP contribution in [0, 0.1) is 12.7 Å². The Hall–Kier alpha value is -3.15. The fourth-order valence-electron chi connectivity index (χ4n) is 2.52. The fraction of sp³-hybridized carbons (Fsp3) is 0.111. The summed E-state index contributed by atoms with van der Waals surface area (Å²) in [6, 6.07) is 14.0. The van der Waals surface area contributed by atoms with E-state index in [1.54, 1.807) is 13.0 Å². The zero-order valence-corrected chi connectivity index (χ0v) is 12.9. The molecule has 0 amide bonds. The number of hydrogen-bond donors (Lipinski definition) is 1. The number of benzene rings is 2. The molecule has 0 aliphatic heterocycles. The molecular formula is C18H14FN3O2. The Morgan fingerprint density at radius 1 is 1.04 bits per heavy atom. The minimum absolute atomic E-state index is 0.273. The molecule has 0 aliphatic rings. The smallest absolute Gasteiger partial charge is 0.247 e. The van der Waals surface area contributed by atoms with Crippen molar-refractivity contribution in [1.29, 1.82) is 0 Å². The van der Waals surface area contributed by atoms with Crippen molar-refractivity contribution in [3.05, 3.63) is 66.0 Å². The van der Waals surface area contributed by atoms with Gasteiger partial charge in [-0.1, -0.05) is 6.07 Å². The first kappa shape index (κ1) is 14.4. The molecule has 0 atom stereocenters. The number of hydrogen-bond acceptors (Lipinski definition) is 5. The Bertz CT molecular complexity index is 1010. The largest absolute Gasteiger partial charge is 0.459 e. The molecule has 6 heteroatoms. The molecule has 0 saturated carbocycles. The highest BCUT2D eigenvalue weighted by atomic mass is 19.1. The van der Waals surface area contributed by atoms with E-state index >= 15 is 0 Å². The highest BCUT2D eigenvalue weighted by molar-refractivity contribution is 5.78. The predicted octanol–water partition coefficient (Wildman–Crippen LogP) is 4.54. The quantitative estimate of drug-likeness (QED) is 0.597. The lowest BCUT2D eigenvalue weighted by atomic mass is 10.2. The maximum Gasteiger partial charge on any atom is 0.247 e. The molecule has 5 nitrogen and oxygen atoms in total. The van der Waals surface area contributed by atoms with Crippen LogP contribution in [0.25, 0.3) is 22.4 Å². The molecule has 4 rings (SSSR count). The minimum atomic E-state index is -0.273. The van der Waals surface area contributed by atoms with Gasteiger partial charge in [0.1, 0.15) is 17.2 Å². The Balaban J connectivity index is 1.52. The van der Waals surface area contributed by atoms with E-state index in [9.17, 15) is 4.39 Å². The van der Waals surface area contributed by atoms with Gasteiger partial charge >= 0.3 is 0 Å². The number of nitrogens with one attached hydrogen (secondary N) is 1. The lowest BCUT2D eigenvalue weighted by Crippen LogP contribution is -1.98. The minimum Gasteiger partial charge on any atom is -0.459 e. The number of halogens is 1. The third-order valence-electron chi connectivity index (χ3n) is 3.63. The average molecular weight is 323 g/mol. The second-order valence-electron chi connectivity index (χ2n) is 5.46. The molecule has 2 aromatic heterocycles. The van der Waals surface area contributed by atoms with Gasteiger partial charge in [-0.15, -0.1) is 10.2 Å². The van der Waals surface area contributed by atoms with Gasteiger partial charge in [-0.05, 0) is 42.5 Å². The molecule has 0 saturated heterocycles. The first-order chi connectivity index (χ1) is 11.7. The van der Waals surface area contributed by atoms with Crippen LogP contribution in [-0.4, -0.2) is 10.2 Å². The van der Waals surface area contributed by atoms with Crippen LogP contribution in [-0.2, 0) is 6.54 Å². The van der Waals surface area contributed by atoms with Crippen LogP contribution in [0.15, 0.2) is 57.4 Å². The van der Waals surface area contributed by atoms with Crippen LogP contribution in [0.2, 0.25) is 0 Å². The summed E-state index contributed by atoms with van der Waals surface area (Å²) in [7, 11) is 0. The summed E-state index contributed by atoms with van der Waals surface area (Å²) < 4.78 is 24.4. The van der Waals surface area contributed by atoms with Crippen LogP contribution in [0.1, 0.15) is 11.7 Å². The molecule has 1 N–H and O–H groups in total. The van der Waals surface area contributed by atoms with E-state index in [1.165, 1.54) is 12.1 Å². The lowest BCUT2D eigenvalue weighted by Gasteiger charge is -2.05. The van der Waals surface area contributed by atoms with Gasteiger partial charge < -0.3 is 14.2 Å². The fourth-order valence-corrected chi connectivity index (χ4v) is 2.52. The Kier molecular flexibility index (Phi) is 3.49. The van der Waals surface area contributed by atoms with Crippen LogP contribution >= 0.6 is 0 Å². The number of nitrogens with zero attached hydrogens (tertiary/aromatic N) is 2.